The van der Waals surface area contributed by atoms with Crippen molar-refractivity contribution in [3.8, 4) is 23.0 Å². The van der Waals surface area contributed by atoms with Gasteiger partial charge in [0.05, 0.1) is 5.56 Å². The minimum Gasteiger partial charge on any atom is -0.438 e. The topological polar surface area (TPSA) is 35.0 Å². The average Bonchev–Trinajstić information content (AvgIpc) is 2.62. The average molecular weight is 334 g/mol. The lowest BCUT2D eigenvalue weighted by Gasteiger charge is -2.23. The Morgan fingerprint density at radius 1 is 1.04 bits per heavy atom. The molecule has 0 radical (unpaired) electrons. The predicted molar refractivity (Wildman–Crippen MR) is 97.9 cm³/mol. The number of benzene rings is 2. The minimum atomic E-state index is 0.696. The molecule has 0 aliphatic carbocycles. The van der Waals surface area contributed by atoms with Crippen molar-refractivity contribution in [1.29, 1.82) is 0 Å². The van der Waals surface area contributed by atoms with E-state index in [9.17, 15) is 0 Å². The Hall–Kier alpha value is -2.33. The van der Waals surface area contributed by atoms with E-state index in [0.29, 0.717) is 5.88 Å². The maximum absolute atomic E-state index is 6.19. The summed E-state index contributed by atoms with van der Waals surface area (Å²) in [5.74, 6) is 3.33. The fraction of sp³-hybridized carbons (Fsp3) is 0.200. The van der Waals surface area contributed by atoms with Crippen molar-refractivity contribution in [2.24, 2.45) is 0 Å². The monoisotopic (exact) mass is 334 g/mol. The Bertz CT molecular complexity index is 894. The zero-order chi connectivity index (χ0) is 16.5. The largest absolute Gasteiger partial charge is 0.438 e. The van der Waals surface area contributed by atoms with Crippen LogP contribution in [-0.2, 0) is 6.42 Å². The molecule has 0 bridgehead atoms. The summed E-state index contributed by atoms with van der Waals surface area (Å²) in [7, 11) is 0. The van der Waals surface area contributed by atoms with Crippen LogP contribution in [0, 0.1) is 6.92 Å². The van der Waals surface area contributed by atoms with Gasteiger partial charge in [0.2, 0.25) is 5.88 Å². The molecule has 0 amide bonds. The Labute approximate surface area is 146 Å². The lowest BCUT2D eigenvalue weighted by atomic mass is 10.0. The molecule has 0 saturated heterocycles. The number of hydrogen-bond donors (Lipinski definition) is 0. The number of thioether (sulfide) groups is 1. The third-order valence-corrected chi connectivity index (χ3v) is 5.00. The van der Waals surface area contributed by atoms with Crippen LogP contribution in [0.3, 0.4) is 0 Å². The molecule has 3 nitrogen and oxygen atoms in total. The number of aromatic nitrogens is 2. The van der Waals surface area contributed by atoms with Crippen molar-refractivity contribution in [1.82, 2.24) is 9.97 Å². The lowest BCUT2D eigenvalue weighted by molar-refractivity contribution is 0.432. The lowest BCUT2D eigenvalue weighted by Crippen LogP contribution is -2.10. The van der Waals surface area contributed by atoms with Crippen molar-refractivity contribution in [2.75, 3.05) is 5.75 Å². The molecule has 3 aromatic rings. The van der Waals surface area contributed by atoms with Gasteiger partial charge in [0.15, 0.2) is 5.82 Å². The first-order valence-electron chi connectivity index (χ1n) is 8.11. The molecular formula is C20H18N2OS. The van der Waals surface area contributed by atoms with Crippen molar-refractivity contribution in [3.05, 3.63) is 65.2 Å². The first-order chi connectivity index (χ1) is 11.8. The molecule has 0 saturated carbocycles. The number of para-hydroxylation sites is 1. The summed E-state index contributed by atoms with van der Waals surface area (Å²) < 4.78 is 6.19. The molecule has 0 N–H and O–H groups in total. The molecule has 0 atom stereocenters. The highest BCUT2D eigenvalue weighted by Crippen LogP contribution is 2.41. The molecule has 1 aliphatic rings. The van der Waals surface area contributed by atoms with E-state index in [0.717, 1.165) is 45.5 Å². The van der Waals surface area contributed by atoms with Gasteiger partial charge in [-0.1, -0.05) is 55.5 Å². The summed E-state index contributed by atoms with van der Waals surface area (Å²) in [6.07, 6.45) is 0.823. The van der Waals surface area contributed by atoms with Crippen LogP contribution < -0.4 is 4.74 Å². The van der Waals surface area contributed by atoms with Crippen molar-refractivity contribution < 1.29 is 4.74 Å². The zero-order valence-corrected chi connectivity index (χ0v) is 14.6. The summed E-state index contributed by atoms with van der Waals surface area (Å²) in [5, 5.41) is 1.02. The van der Waals surface area contributed by atoms with Gasteiger partial charge >= 0.3 is 0 Å². The van der Waals surface area contributed by atoms with E-state index in [-0.39, 0.29) is 0 Å². The minimum absolute atomic E-state index is 0.696. The van der Waals surface area contributed by atoms with Crippen LogP contribution in [-0.4, -0.2) is 15.7 Å². The Morgan fingerprint density at radius 2 is 1.88 bits per heavy atom. The van der Waals surface area contributed by atoms with Gasteiger partial charge in [-0.05, 0) is 23.8 Å². The summed E-state index contributed by atoms with van der Waals surface area (Å²) in [5.41, 5.74) is 4.45. The number of fused-ring (bicyclic) bond motifs is 2. The van der Waals surface area contributed by atoms with Gasteiger partial charge in [-0.25, -0.2) is 4.98 Å². The molecule has 2 heterocycles. The maximum Gasteiger partial charge on any atom is 0.227 e. The van der Waals surface area contributed by atoms with E-state index >= 15 is 0 Å². The van der Waals surface area contributed by atoms with Gasteiger partial charge in [-0.15, -0.1) is 11.8 Å². The van der Waals surface area contributed by atoms with E-state index < -0.39 is 0 Å². The fourth-order valence-corrected chi connectivity index (χ4v) is 3.70. The number of hydrogen-bond acceptors (Lipinski definition) is 4. The number of rotatable bonds is 3. The third kappa shape index (κ3) is 2.67. The van der Waals surface area contributed by atoms with Crippen LogP contribution in [0.25, 0.3) is 11.4 Å². The molecule has 0 unspecified atom stereocenters. The highest BCUT2D eigenvalue weighted by molar-refractivity contribution is 7.99. The highest BCUT2D eigenvalue weighted by atomic mass is 32.2. The van der Waals surface area contributed by atoms with E-state index in [1.165, 1.54) is 5.56 Å². The SMILES string of the molecule is CCSc1nc(-c2ccccc2)nc2c1Cc1cccc(C)c1O2. The van der Waals surface area contributed by atoms with Gasteiger partial charge in [0.1, 0.15) is 10.8 Å². The zero-order valence-electron chi connectivity index (χ0n) is 13.7. The molecule has 1 aromatic heterocycles. The van der Waals surface area contributed by atoms with E-state index in [4.69, 9.17) is 14.7 Å². The van der Waals surface area contributed by atoms with Gasteiger partial charge < -0.3 is 4.74 Å². The quantitative estimate of drug-likeness (QED) is 0.378. The fourth-order valence-electron chi connectivity index (χ4n) is 2.94. The molecule has 24 heavy (non-hydrogen) atoms. The number of nitrogens with zero attached hydrogens (tertiary/aromatic N) is 2. The van der Waals surface area contributed by atoms with E-state index in [2.05, 4.69) is 32.0 Å². The summed E-state index contributed by atoms with van der Waals surface area (Å²) in [6.45, 7) is 4.22. The van der Waals surface area contributed by atoms with E-state index in [1.807, 2.05) is 30.3 Å². The summed E-state index contributed by atoms with van der Waals surface area (Å²) in [4.78, 5) is 9.53. The molecule has 1 aliphatic heterocycles. The molecular weight excluding hydrogens is 316 g/mol. The second-order valence-corrected chi connectivity index (χ2v) is 7.03. The van der Waals surface area contributed by atoms with Gasteiger partial charge in [-0.3, -0.25) is 0 Å². The van der Waals surface area contributed by atoms with Gasteiger partial charge in [0.25, 0.3) is 0 Å². The molecule has 120 valence electrons. The second kappa shape index (κ2) is 6.29. The van der Waals surface area contributed by atoms with Gasteiger partial charge in [0, 0.05) is 12.0 Å². The standard InChI is InChI=1S/C20H18N2OS/c1-3-24-20-16-12-15-11-7-8-13(2)17(15)23-19(16)21-18(22-20)14-9-5-4-6-10-14/h4-11H,3,12H2,1-2H3. The first kappa shape index (κ1) is 15.2. The van der Waals surface area contributed by atoms with Crippen molar-refractivity contribution in [3.63, 3.8) is 0 Å². The van der Waals surface area contributed by atoms with Crippen LogP contribution in [0.15, 0.2) is 53.6 Å². The van der Waals surface area contributed by atoms with Crippen LogP contribution in [0.2, 0.25) is 0 Å². The molecule has 4 rings (SSSR count). The Morgan fingerprint density at radius 3 is 2.67 bits per heavy atom. The smallest absolute Gasteiger partial charge is 0.227 e. The molecule has 2 aromatic carbocycles. The van der Waals surface area contributed by atoms with Gasteiger partial charge in [-0.2, -0.15) is 4.98 Å². The number of ether oxygens (including phenoxy) is 1. The summed E-state index contributed by atoms with van der Waals surface area (Å²) >= 11 is 1.75. The first-order valence-corrected chi connectivity index (χ1v) is 9.10. The number of aryl methyl sites for hydroxylation is 1. The van der Waals surface area contributed by atoms with E-state index in [1.54, 1.807) is 11.8 Å². The van der Waals surface area contributed by atoms with Crippen molar-refractivity contribution >= 4 is 11.8 Å². The second-order valence-electron chi connectivity index (χ2n) is 5.78. The molecule has 0 spiro atoms. The maximum atomic E-state index is 6.19. The normalized spacial score (nSPS) is 12.2. The van der Waals surface area contributed by atoms with Crippen LogP contribution in [0.1, 0.15) is 23.6 Å². The third-order valence-electron chi connectivity index (χ3n) is 4.10. The Kier molecular flexibility index (Phi) is 3.98. The Balaban J connectivity index is 1.85. The summed E-state index contributed by atoms with van der Waals surface area (Å²) in [6, 6.07) is 16.3. The highest BCUT2D eigenvalue weighted by Gasteiger charge is 2.24. The molecule has 4 heteroatoms. The van der Waals surface area contributed by atoms with Crippen LogP contribution in [0.4, 0.5) is 0 Å². The van der Waals surface area contributed by atoms with Crippen molar-refractivity contribution in [2.45, 2.75) is 25.3 Å². The van der Waals surface area contributed by atoms with Crippen LogP contribution in [0.5, 0.6) is 11.6 Å². The predicted octanol–water partition coefficient (Wildman–Crippen LogP) is 5.26. The van der Waals surface area contributed by atoms with Crippen LogP contribution >= 0.6 is 11.8 Å². The molecule has 0 fully saturated rings.